The Hall–Kier alpha value is -1.79. The molecule has 21 heavy (non-hydrogen) atoms. The number of hydrogen-bond acceptors (Lipinski definition) is 4. The maximum absolute atomic E-state index is 12.1. The highest BCUT2D eigenvalue weighted by atomic mass is 32.2. The van der Waals surface area contributed by atoms with E-state index in [1.165, 1.54) is 0 Å². The third-order valence-electron chi connectivity index (χ3n) is 3.36. The van der Waals surface area contributed by atoms with Gasteiger partial charge in [0.05, 0.1) is 12.6 Å². The Balaban J connectivity index is 1.57. The van der Waals surface area contributed by atoms with E-state index in [4.69, 9.17) is 0 Å². The molecule has 2 heterocycles. The van der Waals surface area contributed by atoms with Crippen molar-refractivity contribution in [2.45, 2.75) is 12.6 Å². The molecule has 1 aromatic heterocycles. The maximum atomic E-state index is 12.1. The number of amides is 1. The lowest BCUT2D eigenvalue weighted by atomic mass is 10.2. The molecule has 1 unspecified atom stereocenters. The van der Waals surface area contributed by atoms with Crippen molar-refractivity contribution < 1.29 is 4.79 Å². The number of rotatable bonds is 4. The number of hydrogen-bond donors (Lipinski definition) is 2. The normalized spacial score (nSPS) is 18.4. The number of carbonyl (C=O) groups excluding carboxylic acids is 1. The topological polar surface area (TPSA) is 59.0 Å². The highest BCUT2D eigenvalue weighted by Crippen LogP contribution is 2.13. The van der Waals surface area contributed by atoms with Crippen LogP contribution < -0.4 is 10.6 Å². The first-order chi connectivity index (χ1) is 10.3. The molecule has 0 bridgehead atoms. The zero-order valence-corrected chi connectivity index (χ0v) is 12.5. The minimum Gasteiger partial charge on any atom is -0.325 e. The van der Waals surface area contributed by atoms with Crippen molar-refractivity contribution in [1.82, 2.24) is 15.1 Å². The first kappa shape index (κ1) is 14.2. The summed E-state index contributed by atoms with van der Waals surface area (Å²) in [5, 5.41) is 10.4. The second-order valence-electron chi connectivity index (χ2n) is 4.97. The van der Waals surface area contributed by atoms with Gasteiger partial charge in [0.25, 0.3) is 0 Å². The molecule has 0 radical (unpaired) electrons. The molecule has 110 valence electrons. The lowest BCUT2D eigenvalue weighted by Gasteiger charge is -2.22. The molecule has 6 heteroatoms. The minimum absolute atomic E-state index is 0.0435. The molecule has 1 saturated heterocycles. The van der Waals surface area contributed by atoms with E-state index in [-0.39, 0.29) is 11.9 Å². The van der Waals surface area contributed by atoms with E-state index in [2.05, 4.69) is 15.7 Å². The van der Waals surface area contributed by atoms with Crippen LogP contribution in [0.5, 0.6) is 0 Å². The molecule has 1 aromatic carbocycles. The Labute approximate surface area is 128 Å². The lowest BCUT2D eigenvalue weighted by molar-refractivity contribution is -0.117. The molecule has 0 aliphatic carbocycles. The Morgan fingerprint density at radius 3 is 2.95 bits per heavy atom. The van der Waals surface area contributed by atoms with E-state index in [9.17, 15) is 4.79 Å². The van der Waals surface area contributed by atoms with Gasteiger partial charge in [-0.05, 0) is 23.8 Å². The molecule has 0 saturated carbocycles. The van der Waals surface area contributed by atoms with Crippen LogP contribution in [0.25, 0.3) is 0 Å². The van der Waals surface area contributed by atoms with Crippen molar-refractivity contribution in [3.8, 4) is 0 Å². The van der Waals surface area contributed by atoms with E-state index in [0.717, 1.165) is 35.8 Å². The predicted octanol–water partition coefficient (Wildman–Crippen LogP) is 1.57. The van der Waals surface area contributed by atoms with Gasteiger partial charge in [0, 0.05) is 36.1 Å². The van der Waals surface area contributed by atoms with Gasteiger partial charge in [-0.1, -0.05) is 12.1 Å². The van der Waals surface area contributed by atoms with Crippen LogP contribution in [0.1, 0.15) is 5.56 Å². The highest BCUT2D eigenvalue weighted by Gasteiger charge is 2.20. The third-order valence-corrected chi connectivity index (χ3v) is 4.43. The number of nitrogens with zero attached hydrogens (tertiary/aromatic N) is 2. The summed E-state index contributed by atoms with van der Waals surface area (Å²) in [4.78, 5) is 12.1. The van der Waals surface area contributed by atoms with Crippen LogP contribution in [0, 0.1) is 0 Å². The summed E-state index contributed by atoms with van der Waals surface area (Å²) in [5.74, 6) is 1.96. The van der Waals surface area contributed by atoms with Crippen molar-refractivity contribution in [3.05, 3.63) is 48.3 Å². The van der Waals surface area contributed by atoms with Gasteiger partial charge in [0.1, 0.15) is 0 Å². The minimum atomic E-state index is -0.0903. The number of anilines is 1. The molecule has 1 aliphatic heterocycles. The van der Waals surface area contributed by atoms with Gasteiger partial charge >= 0.3 is 0 Å². The van der Waals surface area contributed by atoms with Gasteiger partial charge in [-0.3, -0.25) is 9.48 Å². The summed E-state index contributed by atoms with van der Waals surface area (Å²) < 4.78 is 1.87. The Kier molecular flexibility index (Phi) is 4.57. The summed E-state index contributed by atoms with van der Waals surface area (Å²) in [5.41, 5.74) is 1.99. The fraction of sp³-hybridized carbons (Fsp3) is 0.333. The van der Waals surface area contributed by atoms with Crippen LogP contribution in [-0.4, -0.2) is 39.8 Å². The fourth-order valence-corrected chi connectivity index (χ4v) is 3.17. The molecule has 0 spiro atoms. The lowest BCUT2D eigenvalue weighted by Crippen LogP contribution is -2.46. The molecule has 2 aromatic rings. The number of aromatic nitrogens is 2. The monoisotopic (exact) mass is 302 g/mol. The van der Waals surface area contributed by atoms with Crippen molar-refractivity contribution in [3.63, 3.8) is 0 Å². The van der Waals surface area contributed by atoms with Crippen LogP contribution in [0.3, 0.4) is 0 Å². The van der Waals surface area contributed by atoms with Crippen LogP contribution in [0.4, 0.5) is 5.69 Å². The van der Waals surface area contributed by atoms with E-state index >= 15 is 0 Å². The number of benzene rings is 1. The van der Waals surface area contributed by atoms with Gasteiger partial charge in [-0.2, -0.15) is 16.9 Å². The maximum Gasteiger partial charge on any atom is 0.242 e. The molecule has 1 fully saturated rings. The van der Waals surface area contributed by atoms with Gasteiger partial charge in [-0.15, -0.1) is 0 Å². The molecule has 1 atom stereocenters. The van der Waals surface area contributed by atoms with Crippen LogP contribution in [0.2, 0.25) is 0 Å². The van der Waals surface area contributed by atoms with Crippen molar-refractivity contribution >= 4 is 23.4 Å². The number of nitrogens with one attached hydrogen (secondary N) is 2. The Morgan fingerprint density at radius 2 is 2.29 bits per heavy atom. The van der Waals surface area contributed by atoms with Crippen molar-refractivity contribution in [2.75, 3.05) is 23.4 Å². The molecular weight excluding hydrogens is 284 g/mol. The second-order valence-corrected chi connectivity index (χ2v) is 6.12. The largest absolute Gasteiger partial charge is 0.325 e. The van der Waals surface area contributed by atoms with Crippen molar-refractivity contribution in [1.29, 1.82) is 0 Å². The third kappa shape index (κ3) is 3.86. The highest BCUT2D eigenvalue weighted by molar-refractivity contribution is 7.99. The van der Waals surface area contributed by atoms with Gasteiger partial charge < -0.3 is 10.6 Å². The average molecular weight is 302 g/mol. The zero-order valence-electron chi connectivity index (χ0n) is 11.7. The van der Waals surface area contributed by atoms with E-state index in [1.54, 1.807) is 6.20 Å². The Morgan fingerprint density at radius 1 is 1.43 bits per heavy atom. The van der Waals surface area contributed by atoms with E-state index in [0.29, 0.717) is 0 Å². The quantitative estimate of drug-likeness (QED) is 0.900. The first-order valence-electron chi connectivity index (χ1n) is 6.99. The molecule has 1 aliphatic rings. The van der Waals surface area contributed by atoms with E-state index < -0.39 is 0 Å². The summed E-state index contributed by atoms with van der Waals surface area (Å²) in [6.07, 6.45) is 3.70. The molecular formula is C15H18N4OS. The predicted molar refractivity (Wildman–Crippen MR) is 85.5 cm³/mol. The molecule has 5 nitrogen and oxygen atoms in total. The average Bonchev–Trinajstić information content (AvgIpc) is 3.03. The molecule has 2 N–H and O–H groups in total. The SMILES string of the molecule is O=C(Nc1ccc(Cn2cccn2)cc1)C1CSCCN1. The van der Waals surface area contributed by atoms with Gasteiger partial charge in [0.2, 0.25) is 5.91 Å². The van der Waals surface area contributed by atoms with E-state index in [1.807, 2.05) is 53.0 Å². The summed E-state index contributed by atoms with van der Waals surface area (Å²) in [6, 6.07) is 9.72. The molecule has 1 amide bonds. The van der Waals surface area contributed by atoms with Crippen molar-refractivity contribution in [2.24, 2.45) is 0 Å². The smallest absolute Gasteiger partial charge is 0.242 e. The van der Waals surface area contributed by atoms with Gasteiger partial charge in [-0.25, -0.2) is 0 Å². The van der Waals surface area contributed by atoms with Crippen LogP contribution >= 0.6 is 11.8 Å². The summed E-state index contributed by atoms with van der Waals surface area (Å²) >= 11 is 1.81. The molecule has 3 rings (SSSR count). The Bertz CT molecular complexity index is 576. The number of thioether (sulfide) groups is 1. The van der Waals surface area contributed by atoms with Crippen LogP contribution in [-0.2, 0) is 11.3 Å². The first-order valence-corrected chi connectivity index (χ1v) is 8.15. The standard InChI is InChI=1S/C15H18N4OS/c20-15(14-11-21-9-7-16-14)18-13-4-2-12(3-5-13)10-19-8-1-6-17-19/h1-6,8,14,16H,7,9-11H2,(H,18,20). The fourth-order valence-electron chi connectivity index (χ4n) is 2.24. The zero-order chi connectivity index (χ0) is 14.5. The number of carbonyl (C=O) groups is 1. The van der Waals surface area contributed by atoms with Crippen LogP contribution in [0.15, 0.2) is 42.7 Å². The second kappa shape index (κ2) is 6.78. The van der Waals surface area contributed by atoms with Gasteiger partial charge in [0.15, 0.2) is 0 Å². The summed E-state index contributed by atoms with van der Waals surface area (Å²) in [6.45, 7) is 1.63. The summed E-state index contributed by atoms with van der Waals surface area (Å²) in [7, 11) is 0.